The highest BCUT2D eigenvalue weighted by molar-refractivity contribution is 5.96. The van der Waals surface area contributed by atoms with Crippen molar-refractivity contribution in [2.24, 2.45) is 0 Å². The Labute approximate surface area is 122 Å². The second kappa shape index (κ2) is 6.10. The largest absolute Gasteiger partial charge is 0.422 e. The van der Waals surface area contributed by atoms with Crippen LogP contribution in [0.5, 0.6) is 0 Å². The van der Waals surface area contributed by atoms with E-state index >= 15 is 0 Å². The van der Waals surface area contributed by atoms with E-state index in [-0.39, 0.29) is 11.5 Å². The molecule has 1 atom stereocenters. The summed E-state index contributed by atoms with van der Waals surface area (Å²) in [5.41, 5.74) is -0.0347. The molecule has 2 N–H and O–H groups in total. The minimum absolute atomic E-state index is 0.0630. The normalized spacial score (nSPS) is 18.0. The lowest BCUT2D eigenvalue weighted by molar-refractivity contribution is 0.0949. The maximum absolute atomic E-state index is 12.1. The van der Waals surface area contributed by atoms with Crippen molar-refractivity contribution in [1.82, 2.24) is 10.6 Å². The Bertz CT molecular complexity index is 702. The molecule has 3 rings (SSSR count). The molecule has 1 unspecified atom stereocenters. The van der Waals surface area contributed by atoms with Gasteiger partial charge in [-0.2, -0.15) is 0 Å². The molecule has 5 nitrogen and oxygen atoms in total. The van der Waals surface area contributed by atoms with Gasteiger partial charge in [0.05, 0.1) is 0 Å². The molecule has 1 aromatic carbocycles. The lowest BCUT2D eigenvalue weighted by Crippen LogP contribution is -2.32. The minimum atomic E-state index is -0.592. The third-order valence-electron chi connectivity index (χ3n) is 3.83. The number of amides is 1. The van der Waals surface area contributed by atoms with Crippen molar-refractivity contribution >= 4 is 16.9 Å². The summed E-state index contributed by atoms with van der Waals surface area (Å²) in [6.07, 6.45) is 3.21. The zero-order valence-corrected chi connectivity index (χ0v) is 11.7. The van der Waals surface area contributed by atoms with Gasteiger partial charge in [0.2, 0.25) is 0 Å². The first-order valence-electron chi connectivity index (χ1n) is 7.28. The van der Waals surface area contributed by atoms with Gasteiger partial charge in [-0.3, -0.25) is 4.79 Å². The molecule has 0 radical (unpaired) electrons. The Kier molecular flexibility index (Phi) is 4.01. The molecule has 0 bridgehead atoms. The van der Waals surface area contributed by atoms with Crippen LogP contribution in [0.1, 0.15) is 29.6 Å². The molecule has 1 aliphatic rings. The summed E-state index contributed by atoms with van der Waals surface area (Å²) in [6.45, 7) is 1.61. The third-order valence-corrected chi connectivity index (χ3v) is 3.83. The molecular formula is C16H18N2O3. The van der Waals surface area contributed by atoms with E-state index in [1.807, 2.05) is 12.1 Å². The fourth-order valence-corrected chi connectivity index (χ4v) is 2.68. The van der Waals surface area contributed by atoms with Crippen molar-refractivity contribution in [3.8, 4) is 0 Å². The first-order valence-corrected chi connectivity index (χ1v) is 7.28. The highest BCUT2D eigenvalue weighted by atomic mass is 16.4. The highest BCUT2D eigenvalue weighted by Gasteiger charge is 2.16. The molecule has 1 fully saturated rings. The minimum Gasteiger partial charge on any atom is -0.422 e. The van der Waals surface area contributed by atoms with E-state index in [1.165, 1.54) is 6.42 Å². The van der Waals surface area contributed by atoms with Gasteiger partial charge in [-0.15, -0.1) is 0 Å². The number of rotatable bonds is 4. The molecular weight excluding hydrogens is 268 g/mol. The average molecular weight is 286 g/mol. The zero-order chi connectivity index (χ0) is 14.7. The van der Waals surface area contributed by atoms with Gasteiger partial charge in [-0.25, -0.2) is 4.79 Å². The molecule has 2 heterocycles. The Morgan fingerprint density at radius 1 is 1.38 bits per heavy atom. The topological polar surface area (TPSA) is 71.3 Å². The van der Waals surface area contributed by atoms with E-state index in [1.54, 1.807) is 18.2 Å². The van der Waals surface area contributed by atoms with Crippen LogP contribution in [0.2, 0.25) is 0 Å². The van der Waals surface area contributed by atoms with E-state index in [0.717, 1.165) is 24.8 Å². The van der Waals surface area contributed by atoms with Crippen molar-refractivity contribution in [3.05, 3.63) is 46.3 Å². The first-order chi connectivity index (χ1) is 10.2. The second-order valence-corrected chi connectivity index (χ2v) is 5.32. The Morgan fingerprint density at radius 3 is 3.05 bits per heavy atom. The zero-order valence-electron chi connectivity index (χ0n) is 11.7. The van der Waals surface area contributed by atoms with Gasteiger partial charge >= 0.3 is 5.63 Å². The summed E-state index contributed by atoms with van der Waals surface area (Å²) < 4.78 is 5.16. The van der Waals surface area contributed by atoms with Crippen LogP contribution in [0.25, 0.3) is 11.0 Å². The summed E-state index contributed by atoms with van der Waals surface area (Å²) >= 11 is 0. The van der Waals surface area contributed by atoms with Crippen molar-refractivity contribution < 1.29 is 9.21 Å². The van der Waals surface area contributed by atoms with Gasteiger partial charge in [0, 0.05) is 18.0 Å². The summed E-state index contributed by atoms with van der Waals surface area (Å²) in [5, 5.41) is 6.92. The van der Waals surface area contributed by atoms with E-state index < -0.39 is 5.63 Å². The van der Waals surface area contributed by atoms with Crippen molar-refractivity contribution in [3.63, 3.8) is 0 Å². The first kappa shape index (κ1) is 13.8. The van der Waals surface area contributed by atoms with Crippen molar-refractivity contribution in [1.29, 1.82) is 0 Å². The second-order valence-electron chi connectivity index (χ2n) is 5.32. The van der Waals surface area contributed by atoms with Gasteiger partial charge in [0.25, 0.3) is 5.91 Å². The number of hydrogen-bond donors (Lipinski definition) is 2. The number of fused-ring (bicyclic) bond motifs is 1. The van der Waals surface area contributed by atoms with Crippen molar-refractivity contribution in [2.45, 2.75) is 25.3 Å². The maximum Gasteiger partial charge on any atom is 0.349 e. The standard InChI is InChI=1S/C16H18N2O3/c19-15(18-9-7-12-5-3-8-17-12)13-10-11-4-1-2-6-14(11)21-16(13)20/h1-2,4,6,10,12,17H,3,5,7-9H2,(H,18,19). The van der Waals surface area contributed by atoms with Crippen molar-refractivity contribution in [2.75, 3.05) is 13.1 Å². The Hall–Kier alpha value is -2.14. The number of carbonyl (C=O) groups excluding carboxylic acids is 1. The van der Waals surface area contributed by atoms with Gasteiger partial charge in [-0.1, -0.05) is 18.2 Å². The van der Waals surface area contributed by atoms with E-state index in [0.29, 0.717) is 18.2 Å². The van der Waals surface area contributed by atoms with Gasteiger partial charge in [-0.05, 0) is 37.9 Å². The molecule has 0 aliphatic carbocycles. The van der Waals surface area contributed by atoms with Gasteiger partial charge < -0.3 is 15.1 Å². The van der Waals surface area contributed by atoms with Crippen LogP contribution in [0.4, 0.5) is 0 Å². The SMILES string of the molecule is O=C(NCCC1CCCN1)c1cc2ccccc2oc1=O. The summed E-state index contributed by atoms with van der Waals surface area (Å²) in [5.74, 6) is -0.368. The predicted octanol–water partition coefficient (Wildman–Crippen LogP) is 1.66. The molecule has 2 aromatic rings. The fraction of sp³-hybridized carbons (Fsp3) is 0.375. The molecule has 1 aromatic heterocycles. The predicted molar refractivity (Wildman–Crippen MR) is 80.5 cm³/mol. The average Bonchev–Trinajstić information content (AvgIpc) is 2.99. The molecule has 1 saturated heterocycles. The molecule has 1 amide bonds. The smallest absolute Gasteiger partial charge is 0.349 e. The Balaban J connectivity index is 1.68. The number of nitrogens with one attached hydrogen (secondary N) is 2. The lowest BCUT2D eigenvalue weighted by atomic mass is 10.1. The molecule has 1 aliphatic heterocycles. The number of carbonyl (C=O) groups is 1. The van der Waals surface area contributed by atoms with Gasteiger partial charge in [0.15, 0.2) is 0 Å². The van der Waals surface area contributed by atoms with Crippen LogP contribution < -0.4 is 16.3 Å². The summed E-state index contributed by atoms with van der Waals surface area (Å²) in [4.78, 5) is 23.9. The summed E-state index contributed by atoms with van der Waals surface area (Å²) in [7, 11) is 0. The Morgan fingerprint density at radius 2 is 2.24 bits per heavy atom. The van der Waals surface area contributed by atoms with Crippen LogP contribution in [0.3, 0.4) is 0 Å². The van der Waals surface area contributed by atoms with E-state index in [4.69, 9.17) is 4.42 Å². The van der Waals surface area contributed by atoms with E-state index in [9.17, 15) is 9.59 Å². The number of benzene rings is 1. The highest BCUT2D eigenvalue weighted by Crippen LogP contribution is 2.12. The van der Waals surface area contributed by atoms with Crippen LogP contribution in [0, 0.1) is 0 Å². The molecule has 0 spiro atoms. The van der Waals surface area contributed by atoms with Crippen LogP contribution in [-0.4, -0.2) is 25.0 Å². The number of para-hydroxylation sites is 1. The van der Waals surface area contributed by atoms with Crippen LogP contribution in [-0.2, 0) is 0 Å². The van der Waals surface area contributed by atoms with Crippen LogP contribution >= 0.6 is 0 Å². The molecule has 0 saturated carbocycles. The molecule has 5 heteroatoms. The van der Waals surface area contributed by atoms with Gasteiger partial charge in [0.1, 0.15) is 11.1 Å². The molecule has 21 heavy (non-hydrogen) atoms. The lowest BCUT2D eigenvalue weighted by Gasteiger charge is -2.10. The molecule has 110 valence electrons. The summed E-state index contributed by atoms with van der Waals surface area (Å²) in [6, 6.07) is 9.22. The van der Waals surface area contributed by atoms with E-state index in [2.05, 4.69) is 10.6 Å². The monoisotopic (exact) mass is 286 g/mol. The third kappa shape index (κ3) is 3.13. The number of hydrogen-bond acceptors (Lipinski definition) is 4. The quantitative estimate of drug-likeness (QED) is 0.839. The van der Waals surface area contributed by atoms with Crippen LogP contribution in [0.15, 0.2) is 39.5 Å². The maximum atomic E-state index is 12.1. The fourth-order valence-electron chi connectivity index (χ4n) is 2.68.